The van der Waals surface area contributed by atoms with Gasteiger partial charge in [-0.1, -0.05) is 48.6 Å². The number of allylic oxidation sites excluding steroid dienone is 1. The van der Waals surface area contributed by atoms with Gasteiger partial charge < -0.3 is 4.84 Å². The Morgan fingerprint density at radius 2 is 2.06 bits per heavy atom. The summed E-state index contributed by atoms with van der Waals surface area (Å²) >= 11 is 4.98. The van der Waals surface area contributed by atoms with Crippen molar-refractivity contribution >= 4 is 23.2 Å². The summed E-state index contributed by atoms with van der Waals surface area (Å²) in [7, 11) is 0. The maximum absolute atomic E-state index is 11.6. The van der Waals surface area contributed by atoms with Crippen LogP contribution in [0.3, 0.4) is 0 Å². The maximum Gasteiger partial charge on any atom is 0.333 e. The zero-order valence-electron chi connectivity index (χ0n) is 10.6. The molecule has 3 nitrogen and oxygen atoms in total. The van der Waals surface area contributed by atoms with Gasteiger partial charge in [-0.15, -0.1) is 0 Å². The number of benzene rings is 1. The Labute approximate surface area is 113 Å². The number of carbonyl (C=O) groups is 1. The van der Waals surface area contributed by atoms with E-state index in [1.165, 1.54) is 5.06 Å². The number of thiocarbonyl (C=S) groups is 1. The highest BCUT2D eigenvalue weighted by Crippen LogP contribution is 2.05. The van der Waals surface area contributed by atoms with Crippen LogP contribution < -0.4 is 0 Å². The molecule has 0 heterocycles. The van der Waals surface area contributed by atoms with Crippen molar-refractivity contribution in [2.24, 2.45) is 0 Å². The molecule has 0 saturated carbocycles. The Morgan fingerprint density at radius 1 is 1.39 bits per heavy atom. The van der Waals surface area contributed by atoms with Gasteiger partial charge in [0.1, 0.15) is 4.99 Å². The first kappa shape index (κ1) is 14.4. The van der Waals surface area contributed by atoms with Gasteiger partial charge in [-0.3, -0.25) is 0 Å². The van der Waals surface area contributed by atoms with Crippen LogP contribution in [0.5, 0.6) is 0 Å². The molecule has 0 bridgehead atoms. The van der Waals surface area contributed by atoms with Gasteiger partial charge in [0.05, 0.1) is 6.42 Å². The third kappa shape index (κ3) is 5.10. The summed E-state index contributed by atoms with van der Waals surface area (Å²) in [6.45, 7) is 3.54. The van der Waals surface area contributed by atoms with Crippen LogP contribution in [0.25, 0.3) is 0 Å². The van der Waals surface area contributed by atoms with E-state index in [1.54, 1.807) is 19.2 Å². The molecule has 0 radical (unpaired) electrons. The van der Waals surface area contributed by atoms with Crippen molar-refractivity contribution in [2.75, 3.05) is 0 Å². The lowest BCUT2D eigenvalue weighted by molar-refractivity contribution is -0.165. The smallest absolute Gasteiger partial charge is 0.333 e. The van der Waals surface area contributed by atoms with Gasteiger partial charge in [-0.05, 0) is 25.8 Å². The molecule has 1 aromatic carbocycles. The number of hydroxylamine groups is 2. The zero-order valence-corrected chi connectivity index (χ0v) is 11.4. The molecule has 0 aromatic heterocycles. The molecule has 0 saturated heterocycles. The summed E-state index contributed by atoms with van der Waals surface area (Å²) in [5.74, 6) is -0.291. The number of hydrogen-bond donors (Lipinski definition) is 0. The fraction of sp³-hybridized carbons (Fsp3) is 0.286. The van der Waals surface area contributed by atoms with Crippen molar-refractivity contribution in [2.45, 2.75) is 26.7 Å². The highest BCUT2D eigenvalue weighted by atomic mass is 32.1. The van der Waals surface area contributed by atoms with Gasteiger partial charge in [0.25, 0.3) is 0 Å². The normalized spacial score (nSPS) is 10.3. The Kier molecular flexibility index (Phi) is 6.08. The first-order valence-corrected chi connectivity index (χ1v) is 6.21. The minimum Gasteiger partial charge on any atom is -0.336 e. The van der Waals surface area contributed by atoms with Gasteiger partial charge in [0.2, 0.25) is 0 Å². The fourth-order valence-corrected chi connectivity index (χ4v) is 1.48. The summed E-state index contributed by atoms with van der Waals surface area (Å²) in [6, 6.07) is 9.83. The van der Waals surface area contributed by atoms with E-state index in [4.69, 9.17) is 17.1 Å². The van der Waals surface area contributed by atoms with Crippen LogP contribution in [-0.2, 0) is 16.1 Å². The zero-order chi connectivity index (χ0) is 13.4. The van der Waals surface area contributed by atoms with E-state index >= 15 is 0 Å². The average molecular weight is 263 g/mol. The molecule has 0 unspecified atom stereocenters. The topological polar surface area (TPSA) is 29.5 Å². The molecule has 4 heteroatoms. The fourth-order valence-electron chi connectivity index (χ4n) is 1.38. The summed E-state index contributed by atoms with van der Waals surface area (Å²) in [6.07, 6.45) is 4.39. The number of nitrogens with zero attached hydrogens (tertiary/aromatic N) is 1. The maximum atomic E-state index is 11.6. The molecule has 0 fully saturated rings. The molecule has 18 heavy (non-hydrogen) atoms. The van der Waals surface area contributed by atoms with E-state index in [0.29, 0.717) is 17.8 Å². The molecule has 0 aliphatic rings. The summed E-state index contributed by atoms with van der Waals surface area (Å²) in [5.41, 5.74) is 1.12. The third-order valence-corrected chi connectivity index (χ3v) is 2.44. The van der Waals surface area contributed by atoms with E-state index in [9.17, 15) is 4.79 Å². The van der Waals surface area contributed by atoms with Crippen molar-refractivity contribution < 1.29 is 9.63 Å². The van der Waals surface area contributed by atoms with Gasteiger partial charge in [0.15, 0.2) is 0 Å². The van der Waals surface area contributed by atoms with Crippen LogP contribution in [0.4, 0.5) is 0 Å². The summed E-state index contributed by atoms with van der Waals surface area (Å²) < 4.78 is 0. The van der Waals surface area contributed by atoms with E-state index in [0.717, 1.165) is 5.56 Å². The largest absolute Gasteiger partial charge is 0.336 e. The SMILES string of the molecule is C/C=C\N(OC(=O)CCc1ccccc1)C(C)=S. The lowest BCUT2D eigenvalue weighted by atomic mass is 10.1. The highest BCUT2D eigenvalue weighted by molar-refractivity contribution is 7.80. The van der Waals surface area contributed by atoms with E-state index in [2.05, 4.69) is 0 Å². The predicted octanol–water partition coefficient (Wildman–Crippen LogP) is 3.26. The quantitative estimate of drug-likeness (QED) is 0.616. The standard InChI is InChI=1S/C14H17NO2S/c1-3-11-15(12(2)18)17-14(16)10-9-13-7-5-4-6-8-13/h3-8,11H,9-10H2,1-2H3/b11-3-. The van der Waals surface area contributed by atoms with Crippen molar-refractivity contribution in [3.8, 4) is 0 Å². The second kappa shape index (κ2) is 7.61. The molecule has 96 valence electrons. The molecule has 0 atom stereocenters. The molecule has 0 aliphatic heterocycles. The van der Waals surface area contributed by atoms with E-state index in [1.807, 2.05) is 37.3 Å². The number of carbonyl (C=O) groups excluding carboxylic acids is 1. The number of hydrogen-bond acceptors (Lipinski definition) is 3. The molecule has 0 amide bonds. The van der Waals surface area contributed by atoms with E-state index < -0.39 is 0 Å². The predicted molar refractivity (Wildman–Crippen MR) is 75.8 cm³/mol. The van der Waals surface area contributed by atoms with Crippen LogP contribution >= 0.6 is 12.2 Å². The highest BCUT2D eigenvalue weighted by Gasteiger charge is 2.09. The van der Waals surface area contributed by atoms with Crippen LogP contribution in [0, 0.1) is 0 Å². The molecule has 1 aromatic rings. The Hall–Kier alpha value is -1.68. The molecule has 0 aliphatic carbocycles. The van der Waals surface area contributed by atoms with Crippen molar-refractivity contribution in [3.63, 3.8) is 0 Å². The second-order valence-electron chi connectivity index (χ2n) is 3.78. The molecular formula is C14H17NO2S. The molecule has 1 rings (SSSR count). The summed E-state index contributed by atoms with van der Waals surface area (Å²) in [5, 5.41) is 1.31. The third-order valence-electron chi connectivity index (χ3n) is 2.26. The second-order valence-corrected chi connectivity index (χ2v) is 4.37. The lowest BCUT2D eigenvalue weighted by Crippen LogP contribution is -2.25. The first-order valence-electron chi connectivity index (χ1n) is 5.81. The monoisotopic (exact) mass is 263 g/mol. The minimum absolute atomic E-state index is 0.291. The molecule has 0 spiro atoms. The van der Waals surface area contributed by atoms with E-state index in [-0.39, 0.29) is 5.97 Å². The molecule has 0 N–H and O–H groups in total. The summed E-state index contributed by atoms with van der Waals surface area (Å²) in [4.78, 5) is 17.3. The Bertz CT molecular complexity index is 429. The van der Waals surface area contributed by atoms with Gasteiger partial charge in [-0.2, -0.15) is 5.06 Å². The van der Waals surface area contributed by atoms with Crippen LogP contribution in [0.1, 0.15) is 25.8 Å². The van der Waals surface area contributed by atoms with Crippen LogP contribution in [0.2, 0.25) is 0 Å². The van der Waals surface area contributed by atoms with Gasteiger partial charge >= 0.3 is 5.97 Å². The Morgan fingerprint density at radius 3 is 2.61 bits per heavy atom. The number of aryl methyl sites for hydroxylation is 1. The first-order chi connectivity index (χ1) is 8.63. The van der Waals surface area contributed by atoms with Crippen molar-refractivity contribution in [3.05, 3.63) is 48.2 Å². The minimum atomic E-state index is -0.291. The van der Waals surface area contributed by atoms with Crippen LogP contribution in [-0.4, -0.2) is 16.0 Å². The lowest BCUT2D eigenvalue weighted by Gasteiger charge is -2.17. The van der Waals surface area contributed by atoms with Crippen molar-refractivity contribution in [1.82, 2.24) is 5.06 Å². The molecular weight excluding hydrogens is 246 g/mol. The van der Waals surface area contributed by atoms with Gasteiger partial charge in [-0.25, -0.2) is 4.79 Å². The Balaban J connectivity index is 2.44. The van der Waals surface area contributed by atoms with Gasteiger partial charge in [0, 0.05) is 6.20 Å². The number of rotatable bonds is 4. The van der Waals surface area contributed by atoms with Crippen LogP contribution in [0.15, 0.2) is 42.6 Å². The van der Waals surface area contributed by atoms with Crippen molar-refractivity contribution in [1.29, 1.82) is 0 Å². The average Bonchev–Trinajstić information content (AvgIpc) is 2.37.